The summed E-state index contributed by atoms with van der Waals surface area (Å²) in [5.41, 5.74) is 3.96. The Hall–Kier alpha value is -4.03. The van der Waals surface area contributed by atoms with E-state index in [1.165, 1.54) is 12.1 Å². The smallest absolute Gasteiger partial charge is 0.254 e. The zero-order valence-electron chi connectivity index (χ0n) is 20.6. The number of carbonyl (C=O) groups excluding carboxylic acids is 1. The van der Waals surface area contributed by atoms with Crippen LogP contribution in [0.5, 0.6) is 5.75 Å². The highest BCUT2D eigenvalue weighted by molar-refractivity contribution is 5.94. The molecule has 1 amide bonds. The molecule has 4 aromatic rings. The molecule has 0 aliphatic carbocycles. The van der Waals surface area contributed by atoms with Crippen LogP contribution >= 0.6 is 0 Å². The first-order chi connectivity index (χ1) is 18.1. The Morgan fingerprint density at radius 1 is 0.946 bits per heavy atom. The minimum Gasteiger partial charge on any atom is -0.493 e. The van der Waals surface area contributed by atoms with Gasteiger partial charge in [-0.05, 0) is 71.6 Å². The first-order valence-corrected chi connectivity index (χ1v) is 12.5. The van der Waals surface area contributed by atoms with E-state index in [2.05, 4.69) is 4.98 Å². The monoisotopic (exact) mass is 496 g/mol. The largest absolute Gasteiger partial charge is 0.493 e. The Morgan fingerprint density at radius 3 is 2.57 bits per heavy atom. The second-order valence-electron chi connectivity index (χ2n) is 9.26. The number of hydrogen-bond donors (Lipinski definition) is 0. The van der Waals surface area contributed by atoms with Gasteiger partial charge in [-0.1, -0.05) is 42.5 Å². The summed E-state index contributed by atoms with van der Waals surface area (Å²) in [7, 11) is 0. The maximum atomic E-state index is 13.7. The molecule has 3 aromatic carbocycles. The number of aromatic nitrogens is 1. The molecule has 37 heavy (non-hydrogen) atoms. The number of benzene rings is 3. The molecule has 0 unspecified atom stereocenters. The van der Waals surface area contributed by atoms with Crippen molar-refractivity contribution < 1.29 is 18.7 Å². The SMILES string of the molecule is O=C(c1ccc(-c2cccc(F)c2)cc1)N(Cc1cccc(OC[C@@H]2CCOC2)c1)Cc1ccccn1. The van der Waals surface area contributed by atoms with Gasteiger partial charge >= 0.3 is 0 Å². The van der Waals surface area contributed by atoms with E-state index in [1.54, 1.807) is 29.3 Å². The molecular formula is C31H29FN2O3. The molecule has 1 aliphatic rings. The Kier molecular flexibility index (Phi) is 7.87. The maximum Gasteiger partial charge on any atom is 0.254 e. The van der Waals surface area contributed by atoms with Crippen molar-refractivity contribution in [2.24, 2.45) is 5.92 Å². The van der Waals surface area contributed by atoms with Crippen molar-refractivity contribution in [2.75, 3.05) is 19.8 Å². The van der Waals surface area contributed by atoms with Gasteiger partial charge in [0.1, 0.15) is 11.6 Å². The molecular weight excluding hydrogens is 467 g/mol. The number of amides is 1. The molecule has 1 saturated heterocycles. The highest BCUT2D eigenvalue weighted by atomic mass is 19.1. The molecule has 0 bridgehead atoms. The highest BCUT2D eigenvalue weighted by Gasteiger charge is 2.19. The molecule has 6 heteroatoms. The Balaban J connectivity index is 1.34. The fraction of sp³-hybridized carbons (Fsp3) is 0.226. The summed E-state index contributed by atoms with van der Waals surface area (Å²) in [6, 6.07) is 27.3. The van der Waals surface area contributed by atoms with Crippen LogP contribution in [0.3, 0.4) is 0 Å². The topological polar surface area (TPSA) is 51.7 Å². The average Bonchev–Trinajstić information content (AvgIpc) is 3.46. The van der Waals surface area contributed by atoms with Gasteiger partial charge in [0.15, 0.2) is 0 Å². The van der Waals surface area contributed by atoms with Crippen molar-refractivity contribution in [1.82, 2.24) is 9.88 Å². The molecule has 0 spiro atoms. The number of halogens is 1. The summed E-state index contributed by atoms with van der Waals surface area (Å²) in [4.78, 5) is 19.8. The molecule has 5 nitrogen and oxygen atoms in total. The van der Waals surface area contributed by atoms with Crippen LogP contribution in [0.25, 0.3) is 11.1 Å². The van der Waals surface area contributed by atoms with E-state index in [0.29, 0.717) is 31.2 Å². The minimum atomic E-state index is -0.290. The Bertz CT molecular complexity index is 1320. The van der Waals surface area contributed by atoms with Gasteiger partial charge in [0, 0.05) is 30.8 Å². The molecule has 188 valence electrons. The quantitative estimate of drug-likeness (QED) is 0.279. The maximum absolute atomic E-state index is 13.7. The van der Waals surface area contributed by atoms with Crippen molar-refractivity contribution in [2.45, 2.75) is 19.5 Å². The lowest BCUT2D eigenvalue weighted by Gasteiger charge is -2.23. The van der Waals surface area contributed by atoms with Gasteiger partial charge in [0.05, 0.1) is 25.5 Å². The van der Waals surface area contributed by atoms with Crippen LogP contribution < -0.4 is 4.74 Å². The van der Waals surface area contributed by atoms with Crippen LogP contribution in [0.15, 0.2) is 97.2 Å². The lowest BCUT2D eigenvalue weighted by molar-refractivity contribution is 0.0727. The number of rotatable bonds is 9. The highest BCUT2D eigenvalue weighted by Crippen LogP contribution is 2.23. The molecule has 1 atom stereocenters. The minimum absolute atomic E-state index is 0.106. The fourth-order valence-electron chi connectivity index (χ4n) is 4.43. The summed E-state index contributed by atoms with van der Waals surface area (Å²) in [6.07, 6.45) is 2.75. The first-order valence-electron chi connectivity index (χ1n) is 12.5. The summed E-state index contributed by atoms with van der Waals surface area (Å²) in [6.45, 7) is 2.93. The van der Waals surface area contributed by atoms with Crippen molar-refractivity contribution in [3.63, 3.8) is 0 Å². The molecule has 1 aliphatic heterocycles. The number of nitrogens with zero attached hydrogens (tertiary/aromatic N) is 2. The van der Waals surface area contributed by atoms with Gasteiger partial charge in [-0.2, -0.15) is 0 Å². The lowest BCUT2D eigenvalue weighted by Crippen LogP contribution is -2.30. The lowest BCUT2D eigenvalue weighted by atomic mass is 10.0. The van der Waals surface area contributed by atoms with Crippen LogP contribution in [0.4, 0.5) is 4.39 Å². The van der Waals surface area contributed by atoms with Crippen LogP contribution in [-0.2, 0) is 17.8 Å². The summed E-state index contributed by atoms with van der Waals surface area (Å²) >= 11 is 0. The molecule has 1 aromatic heterocycles. The molecule has 0 saturated carbocycles. The summed E-state index contributed by atoms with van der Waals surface area (Å²) in [5.74, 6) is 0.808. The Morgan fingerprint density at radius 2 is 1.81 bits per heavy atom. The van der Waals surface area contributed by atoms with Crippen molar-refractivity contribution in [3.8, 4) is 16.9 Å². The third kappa shape index (κ3) is 6.60. The second kappa shape index (κ2) is 11.8. The molecule has 5 rings (SSSR count). The predicted molar refractivity (Wildman–Crippen MR) is 141 cm³/mol. The zero-order valence-corrected chi connectivity index (χ0v) is 20.6. The van der Waals surface area contributed by atoms with E-state index in [9.17, 15) is 9.18 Å². The standard InChI is InChI=1S/C31H29FN2O3/c32-28-7-4-6-27(18-28)25-10-12-26(13-11-25)31(35)34(20-29-8-1-2-15-33-29)19-23-5-3-9-30(17-23)37-22-24-14-16-36-21-24/h1-13,15,17-18,24H,14,16,19-22H2/t24-/m1/s1. The van der Waals surface area contributed by atoms with E-state index < -0.39 is 0 Å². The van der Waals surface area contributed by atoms with Crippen molar-refractivity contribution >= 4 is 5.91 Å². The van der Waals surface area contributed by atoms with E-state index in [-0.39, 0.29) is 11.7 Å². The normalized spacial score (nSPS) is 14.9. The zero-order chi connectivity index (χ0) is 25.5. The second-order valence-corrected chi connectivity index (χ2v) is 9.26. The predicted octanol–water partition coefficient (Wildman–Crippen LogP) is 6.15. The van der Waals surface area contributed by atoms with E-state index >= 15 is 0 Å². The van der Waals surface area contributed by atoms with Gasteiger partial charge < -0.3 is 14.4 Å². The molecule has 1 fully saturated rings. The third-order valence-corrected chi connectivity index (χ3v) is 6.44. The summed E-state index contributed by atoms with van der Waals surface area (Å²) < 4.78 is 25.1. The van der Waals surface area contributed by atoms with Crippen molar-refractivity contribution in [3.05, 3.63) is 120 Å². The fourth-order valence-corrected chi connectivity index (χ4v) is 4.43. The number of pyridine rings is 1. The number of ether oxygens (including phenoxy) is 2. The van der Waals surface area contributed by atoms with Crippen LogP contribution in [-0.4, -0.2) is 35.6 Å². The number of hydrogen-bond acceptors (Lipinski definition) is 4. The molecule has 0 radical (unpaired) electrons. The van der Waals surface area contributed by atoms with Crippen molar-refractivity contribution in [1.29, 1.82) is 0 Å². The Labute approximate surface area is 216 Å². The first kappa shape index (κ1) is 24.7. The average molecular weight is 497 g/mol. The molecule has 0 N–H and O–H groups in total. The van der Waals surface area contributed by atoms with Gasteiger partial charge in [0.2, 0.25) is 0 Å². The van der Waals surface area contributed by atoms with Gasteiger partial charge in [0.25, 0.3) is 5.91 Å². The van der Waals surface area contributed by atoms with E-state index in [4.69, 9.17) is 9.47 Å². The van der Waals surface area contributed by atoms with E-state index in [0.717, 1.165) is 47.8 Å². The number of carbonyl (C=O) groups is 1. The van der Waals surface area contributed by atoms with Crippen LogP contribution in [0.1, 0.15) is 28.0 Å². The van der Waals surface area contributed by atoms with Crippen LogP contribution in [0.2, 0.25) is 0 Å². The van der Waals surface area contributed by atoms with E-state index in [1.807, 2.05) is 60.7 Å². The summed E-state index contributed by atoms with van der Waals surface area (Å²) in [5, 5.41) is 0. The molecule has 2 heterocycles. The van der Waals surface area contributed by atoms with Crippen LogP contribution in [0, 0.1) is 11.7 Å². The third-order valence-electron chi connectivity index (χ3n) is 6.44. The van der Waals surface area contributed by atoms with Gasteiger partial charge in [-0.3, -0.25) is 9.78 Å². The van der Waals surface area contributed by atoms with Gasteiger partial charge in [-0.15, -0.1) is 0 Å². The van der Waals surface area contributed by atoms with Gasteiger partial charge in [-0.25, -0.2) is 4.39 Å².